The maximum Gasteiger partial charge on any atom is 0.209 e. The van der Waals surface area contributed by atoms with Gasteiger partial charge in [0.05, 0.1) is 29.0 Å². The highest BCUT2D eigenvalue weighted by molar-refractivity contribution is 6.11. The first kappa shape index (κ1) is 22.1. The van der Waals surface area contributed by atoms with Gasteiger partial charge in [-0.3, -0.25) is 9.78 Å². The second-order valence-electron chi connectivity index (χ2n) is 10.2. The SMILES string of the molecule is Cc1ccc(Cn2c(C(=O)c3ccc4c(c3)nc(C)n4C)cc3ccc(C(C)(C)C)cc32)nc1. The van der Waals surface area contributed by atoms with Crippen LogP contribution in [0.2, 0.25) is 0 Å². The van der Waals surface area contributed by atoms with E-state index in [-0.39, 0.29) is 11.2 Å². The van der Waals surface area contributed by atoms with Crippen molar-refractivity contribution in [2.75, 3.05) is 0 Å². The maximum absolute atomic E-state index is 13.8. The topological polar surface area (TPSA) is 52.7 Å². The van der Waals surface area contributed by atoms with E-state index >= 15 is 0 Å². The molecule has 0 saturated carbocycles. The van der Waals surface area contributed by atoms with Gasteiger partial charge in [-0.25, -0.2) is 4.98 Å². The molecular weight excluding hydrogens is 420 g/mol. The highest BCUT2D eigenvalue weighted by Gasteiger charge is 2.21. The van der Waals surface area contributed by atoms with Crippen molar-refractivity contribution in [2.45, 2.75) is 46.6 Å². The minimum Gasteiger partial charge on any atom is -0.332 e. The summed E-state index contributed by atoms with van der Waals surface area (Å²) in [6.45, 7) is 11.2. The molecule has 5 heteroatoms. The molecule has 0 amide bonds. The third-order valence-corrected chi connectivity index (χ3v) is 6.66. The molecule has 0 atom stereocenters. The lowest BCUT2D eigenvalue weighted by Crippen LogP contribution is -2.13. The summed E-state index contributed by atoms with van der Waals surface area (Å²) in [5.41, 5.74) is 7.50. The molecule has 0 saturated heterocycles. The number of aryl methyl sites for hydroxylation is 3. The molecule has 0 aliphatic heterocycles. The summed E-state index contributed by atoms with van der Waals surface area (Å²) in [6, 6.07) is 18.4. The van der Waals surface area contributed by atoms with Gasteiger partial charge in [-0.05, 0) is 66.8 Å². The molecule has 172 valence electrons. The van der Waals surface area contributed by atoms with Gasteiger partial charge in [0.25, 0.3) is 0 Å². The van der Waals surface area contributed by atoms with Crippen molar-refractivity contribution in [1.29, 1.82) is 0 Å². The molecule has 0 aliphatic carbocycles. The molecule has 0 aliphatic rings. The second kappa shape index (κ2) is 7.94. The average Bonchev–Trinajstić information content (AvgIpc) is 3.30. The summed E-state index contributed by atoms with van der Waals surface area (Å²) in [4.78, 5) is 23.1. The smallest absolute Gasteiger partial charge is 0.209 e. The third kappa shape index (κ3) is 3.81. The number of hydrogen-bond donors (Lipinski definition) is 0. The highest BCUT2D eigenvalue weighted by atomic mass is 16.1. The van der Waals surface area contributed by atoms with Crippen molar-refractivity contribution in [3.05, 3.63) is 94.7 Å². The zero-order valence-electron chi connectivity index (χ0n) is 20.7. The lowest BCUT2D eigenvalue weighted by Gasteiger charge is -2.19. The van der Waals surface area contributed by atoms with Gasteiger partial charge in [0.1, 0.15) is 5.82 Å². The molecular formula is C29H30N4O. The Kier molecular flexibility index (Phi) is 5.16. The molecule has 5 rings (SSSR count). The maximum atomic E-state index is 13.8. The van der Waals surface area contributed by atoms with E-state index < -0.39 is 0 Å². The van der Waals surface area contributed by atoms with Gasteiger partial charge in [0, 0.05) is 29.7 Å². The van der Waals surface area contributed by atoms with Crippen LogP contribution in [0.4, 0.5) is 0 Å². The zero-order chi connectivity index (χ0) is 24.2. The molecule has 0 spiro atoms. The molecule has 34 heavy (non-hydrogen) atoms. The number of pyridine rings is 1. The number of nitrogens with zero attached hydrogens (tertiary/aromatic N) is 4. The first-order chi connectivity index (χ1) is 16.1. The number of rotatable bonds is 4. The van der Waals surface area contributed by atoms with Crippen molar-refractivity contribution in [1.82, 2.24) is 19.1 Å². The Bertz CT molecular complexity index is 1550. The minimum atomic E-state index is -0.00849. The number of carbonyl (C=O) groups excluding carboxylic acids is 1. The summed E-state index contributed by atoms with van der Waals surface area (Å²) in [7, 11) is 1.99. The summed E-state index contributed by atoms with van der Waals surface area (Å²) in [5.74, 6) is 0.916. The van der Waals surface area contributed by atoms with Gasteiger partial charge >= 0.3 is 0 Å². The van der Waals surface area contributed by atoms with Crippen LogP contribution in [0, 0.1) is 13.8 Å². The number of fused-ring (bicyclic) bond motifs is 2. The van der Waals surface area contributed by atoms with Gasteiger partial charge in [-0.1, -0.05) is 39.0 Å². The quantitative estimate of drug-likeness (QED) is 0.310. The molecule has 0 unspecified atom stereocenters. The number of imidazole rings is 1. The number of hydrogen-bond acceptors (Lipinski definition) is 3. The van der Waals surface area contributed by atoms with E-state index in [0.717, 1.165) is 39.0 Å². The summed E-state index contributed by atoms with van der Waals surface area (Å²) < 4.78 is 4.15. The normalized spacial score (nSPS) is 12.1. The third-order valence-electron chi connectivity index (χ3n) is 6.66. The first-order valence-electron chi connectivity index (χ1n) is 11.6. The van der Waals surface area contributed by atoms with Crippen molar-refractivity contribution >= 4 is 27.7 Å². The number of aromatic nitrogens is 4. The second-order valence-corrected chi connectivity index (χ2v) is 10.2. The van der Waals surface area contributed by atoms with E-state index in [9.17, 15) is 4.79 Å². The van der Waals surface area contributed by atoms with Crippen molar-refractivity contribution in [3.8, 4) is 0 Å². The molecule has 3 aromatic heterocycles. The Morgan fingerprint density at radius 2 is 1.74 bits per heavy atom. The molecule has 0 bridgehead atoms. The van der Waals surface area contributed by atoms with Gasteiger partial charge < -0.3 is 9.13 Å². The molecule has 5 aromatic rings. The number of benzene rings is 2. The van der Waals surface area contributed by atoms with Crippen molar-refractivity contribution in [3.63, 3.8) is 0 Å². The van der Waals surface area contributed by atoms with Crippen LogP contribution < -0.4 is 0 Å². The van der Waals surface area contributed by atoms with Crippen molar-refractivity contribution < 1.29 is 4.79 Å². The van der Waals surface area contributed by atoms with Crippen LogP contribution in [0.25, 0.3) is 21.9 Å². The molecule has 2 aromatic carbocycles. The fraction of sp³-hybridized carbons (Fsp3) is 0.276. The Morgan fingerprint density at radius 3 is 2.44 bits per heavy atom. The fourth-order valence-electron chi connectivity index (χ4n) is 4.44. The molecule has 0 N–H and O–H groups in total. The number of ketones is 1. The predicted molar refractivity (Wildman–Crippen MR) is 138 cm³/mol. The van der Waals surface area contributed by atoms with E-state index in [1.807, 2.05) is 62.0 Å². The van der Waals surface area contributed by atoms with Gasteiger partial charge in [-0.2, -0.15) is 0 Å². The van der Waals surface area contributed by atoms with E-state index in [4.69, 9.17) is 0 Å². The Hall–Kier alpha value is -3.73. The highest BCUT2D eigenvalue weighted by Crippen LogP contribution is 2.30. The first-order valence-corrected chi connectivity index (χ1v) is 11.6. The zero-order valence-corrected chi connectivity index (χ0v) is 20.7. The van der Waals surface area contributed by atoms with Crippen LogP contribution >= 0.6 is 0 Å². The van der Waals surface area contributed by atoms with E-state index in [2.05, 4.69) is 59.6 Å². The minimum absolute atomic E-state index is 0.00849. The standard InChI is InChI=1S/C29H30N4O/c1-18-7-11-23(30-16-18)17-33-26-15-22(29(3,4)5)10-8-20(26)14-27(33)28(34)21-9-12-25-24(13-21)31-19(2)32(25)6/h7-16H,17H2,1-6H3. The van der Waals surface area contributed by atoms with Gasteiger partial charge in [0.15, 0.2) is 0 Å². The molecule has 5 nitrogen and oxygen atoms in total. The van der Waals surface area contributed by atoms with Crippen LogP contribution in [-0.2, 0) is 19.0 Å². The van der Waals surface area contributed by atoms with E-state index in [1.54, 1.807) is 0 Å². The Balaban J connectivity index is 1.67. The van der Waals surface area contributed by atoms with E-state index in [1.165, 1.54) is 5.56 Å². The van der Waals surface area contributed by atoms with Crippen LogP contribution in [0.1, 0.15) is 59.5 Å². The van der Waals surface area contributed by atoms with Gasteiger partial charge in [0.2, 0.25) is 5.78 Å². The lowest BCUT2D eigenvalue weighted by molar-refractivity contribution is 0.103. The monoisotopic (exact) mass is 450 g/mol. The Labute approximate surface area is 200 Å². The Morgan fingerprint density at radius 1 is 0.941 bits per heavy atom. The predicted octanol–water partition coefficient (Wildman–Crippen LogP) is 6.12. The average molecular weight is 451 g/mol. The van der Waals surface area contributed by atoms with Crippen LogP contribution in [0.15, 0.2) is 60.8 Å². The lowest BCUT2D eigenvalue weighted by atomic mass is 9.87. The van der Waals surface area contributed by atoms with Crippen LogP contribution in [0.3, 0.4) is 0 Å². The molecule has 0 fully saturated rings. The van der Waals surface area contributed by atoms with Crippen molar-refractivity contribution in [2.24, 2.45) is 7.05 Å². The summed E-state index contributed by atoms with van der Waals surface area (Å²) in [6.07, 6.45) is 1.88. The largest absolute Gasteiger partial charge is 0.332 e. The van der Waals surface area contributed by atoms with Gasteiger partial charge in [-0.15, -0.1) is 0 Å². The van der Waals surface area contributed by atoms with Crippen LogP contribution in [-0.4, -0.2) is 24.9 Å². The summed E-state index contributed by atoms with van der Waals surface area (Å²) in [5, 5.41) is 1.05. The summed E-state index contributed by atoms with van der Waals surface area (Å²) >= 11 is 0. The van der Waals surface area contributed by atoms with E-state index in [0.29, 0.717) is 17.8 Å². The molecule has 0 radical (unpaired) electrons. The molecule has 3 heterocycles. The fourth-order valence-corrected chi connectivity index (χ4v) is 4.44. The number of carbonyl (C=O) groups is 1. The van der Waals surface area contributed by atoms with Crippen LogP contribution in [0.5, 0.6) is 0 Å².